The normalized spacial score (nSPS) is 11.4. The maximum atomic E-state index is 10.3. The number of halogens is 1. The van der Waals surface area contributed by atoms with Gasteiger partial charge in [-0.05, 0) is 19.1 Å². The topological polar surface area (TPSA) is 67.5 Å². The van der Waals surface area contributed by atoms with Crippen LogP contribution in [-0.4, -0.2) is 11.7 Å². The first-order valence-corrected chi connectivity index (χ1v) is 4.64. The van der Waals surface area contributed by atoms with Crippen molar-refractivity contribution in [3.05, 3.63) is 21.3 Å². The number of hydrazone groups is 1. The second-order valence-electron chi connectivity index (χ2n) is 2.28. The fourth-order valence-electron chi connectivity index (χ4n) is 0.703. The van der Waals surface area contributed by atoms with Crippen LogP contribution in [0.3, 0.4) is 0 Å². The molecule has 0 radical (unpaired) electrons. The van der Waals surface area contributed by atoms with E-state index in [1.54, 1.807) is 13.0 Å². The van der Waals surface area contributed by atoms with Gasteiger partial charge in [-0.1, -0.05) is 11.6 Å². The molecule has 0 saturated carbocycles. The highest BCUT2D eigenvalue weighted by molar-refractivity contribution is 7.18. The Kier molecular flexibility index (Phi) is 3.27. The van der Waals surface area contributed by atoms with Gasteiger partial charge in [0.1, 0.15) is 0 Å². The lowest BCUT2D eigenvalue weighted by Crippen LogP contribution is -2.25. The largest absolute Gasteiger partial charge is 0.350 e. The Bertz CT molecular complexity index is 347. The number of urea groups is 1. The molecule has 0 atom stereocenters. The van der Waals surface area contributed by atoms with Crippen LogP contribution in [0.25, 0.3) is 0 Å². The predicted octanol–water partition coefficient (Wildman–Crippen LogP) is 1.79. The van der Waals surface area contributed by atoms with E-state index in [0.717, 1.165) is 4.88 Å². The van der Waals surface area contributed by atoms with Gasteiger partial charge in [0.05, 0.1) is 14.9 Å². The fourth-order valence-corrected chi connectivity index (χ4v) is 1.69. The summed E-state index contributed by atoms with van der Waals surface area (Å²) in [5, 5.41) is 3.75. The molecule has 6 heteroatoms. The van der Waals surface area contributed by atoms with Gasteiger partial charge in [0.2, 0.25) is 0 Å². The highest BCUT2D eigenvalue weighted by Gasteiger charge is 2.01. The number of primary amides is 1. The van der Waals surface area contributed by atoms with Crippen molar-refractivity contribution in [1.82, 2.24) is 5.43 Å². The number of rotatable bonds is 2. The van der Waals surface area contributed by atoms with Crippen molar-refractivity contribution >= 4 is 34.7 Å². The van der Waals surface area contributed by atoms with Crippen molar-refractivity contribution in [2.45, 2.75) is 6.92 Å². The van der Waals surface area contributed by atoms with Gasteiger partial charge in [0, 0.05) is 0 Å². The van der Waals surface area contributed by atoms with Gasteiger partial charge in [0.25, 0.3) is 0 Å². The molecule has 3 N–H and O–H groups in total. The highest BCUT2D eigenvalue weighted by atomic mass is 35.5. The lowest BCUT2D eigenvalue weighted by atomic mass is 10.3. The van der Waals surface area contributed by atoms with E-state index in [0.29, 0.717) is 10.0 Å². The zero-order chi connectivity index (χ0) is 9.84. The van der Waals surface area contributed by atoms with Crippen molar-refractivity contribution in [3.8, 4) is 0 Å². The van der Waals surface area contributed by atoms with Crippen molar-refractivity contribution in [2.75, 3.05) is 0 Å². The van der Waals surface area contributed by atoms with Crippen molar-refractivity contribution in [3.63, 3.8) is 0 Å². The summed E-state index contributed by atoms with van der Waals surface area (Å²) in [5.41, 5.74) is 7.66. The molecule has 0 aliphatic rings. The Balaban J connectivity index is 2.72. The third-order valence-electron chi connectivity index (χ3n) is 1.26. The molecule has 0 bridgehead atoms. The van der Waals surface area contributed by atoms with Crippen LogP contribution in [0.4, 0.5) is 4.79 Å². The fraction of sp³-hybridized carbons (Fsp3) is 0.143. The van der Waals surface area contributed by atoms with Crippen LogP contribution in [0, 0.1) is 0 Å². The second-order valence-corrected chi connectivity index (χ2v) is 3.99. The number of hydrogen-bond donors (Lipinski definition) is 2. The standard InChI is InChI=1S/C7H8ClN3OS/c1-4(10-11-7(9)12)5-2-3-6(8)13-5/h2-3H,1H3,(H3,9,11,12)/b10-4+. The number of nitrogens with zero attached hydrogens (tertiary/aromatic N) is 1. The van der Waals surface area contributed by atoms with Crippen molar-refractivity contribution in [2.24, 2.45) is 10.8 Å². The maximum absolute atomic E-state index is 10.3. The van der Waals surface area contributed by atoms with Crippen LogP contribution in [0.5, 0.6) is 0 Å². The molecule has 4 nitrogen and oxygen atoms in total. The minimum Gasteiger partial charge on any atom is -0.350 e. The number of hydrogen-bond acceptors (Lipinski definition) is 3. The average Bonchev–Trinajstić information content (AvgIpc) is 2.47. The number of thiophene rings is 1. The van der Waals surface area contributed by atoms with Crippen molar-refractivity contribution < 1.29 is 4.79 Å². The molecule has 0 spiro atoms. The summed E-state index contributed by atoms with van der Waals surface area (Å²) in [4.78, 5) is 11.2. The Morgan fingerprint density at radius 2 is 2.38 bits per heavy atom. The molecular formula is C7H8ClN3OS. The molecular weight excluding hydrogens is 210 g/mol. The summed E-state index contributed by atoms with van der Waals surface area (Å²) in [6.45, 7) is 1.76. The van der Waals surface area contributed by atoms with E-state index >= 15 is 0 Å². The molecule has 0 fully saturated rings. The Hall–Kier alpha value is -1.07. The zero-order valence-electron chi connectivity index (χ0n) is 6.87. The zero-order valence-corrected chi connectivity index (χ0v) is 8.45. The number of nitrogens with one attached hydrogen (secondary N) is 1. The summed E-state index contributed by atoms with van der Waals surface area (Å²) < 4.78 is 0.684. The van der Waals surface area contributed by atoms with Crippen molar-refractivity contribution in [1.29, 1.82) is 0 Å². The average molecular weight is 218 g/mol. The Morgan fingerprint density at radius 3 is 2.85 bits per heavy atom. The summed E-state index contributed by atoms with van der Waals surface area (Å²) in [7, 11) is 0. The number of carbonyl (C=O) groups is 1. The smallest absolute Gasteiger partial charge is 0.332 e. The SMILES string of the molecule is C/C(=N\NC(N)=O)c1ccc(Cl)s1. The molecule has 0 saturated heterocycles. The molecule has 13 heavy (non-hydrogen) atoms. The van der Waals surface area contributed by atoms with Crippen LogP contribution < -0.4 is 11.2 Å². The summed E-state index contributed by atoms with van der Waals surface area (Å²) in [6.07, 6.45) is 0. The predicted molar refractivity (Wildman–Crippen MR) is 54.3 cm³/mol. The molecule has 0 aliphatic heterocycles. The van der Waals surface area contributed by atoms with Gasteiger partial charge >= 0.3 is 6.03 Å². The maximum Gasteiger partial charge on any atom is 0.332 e. The van der Waals surface area contributed by atoms with E-state index < -0.39 is 6.03 Å². The minimum atomic E-state index is -0.679. The molecule has 1 heterocycles. The molecule has 1 aromatic heterocycles. The van der Waals surface area contributed by atoms with Gasteiger partial charge in [0.15, 0.2) is 0 Å². The van der Waals surface area contributed by atoms with Crippen LogP contribution in [0.1, 0.15) is 11.8 Å². The lowest BCUT2D eigenvalue weighted by Gasteiger charge is -1.95. The third-order valence-corrected chi connectivity index (χ3v) is 2.60. The van der Waals surface area contributed by atoms with Crippen LogP contribution in [0.2, 0.25) is 4.34 Å². The van der Waals surface area contributed by atoms with Gasteiger partial charge < -0.3 is 5.73 Å². The number of carbonyl (C=O) groups excluding carboxylic acids is 1. The second kappa shape index (κ2) is 4.25. The first kappa shape index (κ1) is 10.0. The van der Waals surface area contributed by atoms with Crippen LogP contribution in [-0.2, 0) is 0 Å². The van der Waals surface area contributed by atoms with E-state index in [4.69, 9.17) is 17.3 Å². The molecule has 70 valence electrons. The minimum absolute atomic E-state index is 0.677. The van der Waals surface area contributed by atoms with E-state index in [9.17, 15) is 4.79 Å². The van der Waals surface area contributed by atoms with Gasteiger partial charge in [-0.3, -0.25) is 0 Å². The highest BCUT2D eigenvalue weighted by Crippen LogP contribution is 2.21. The monoisotopic (exact) mass is 217 g/mol. The third kappa shape index (κ3) is 3.04. The van der Waals surface area contributed by atoms with E-state index in [1.807, 2.05) is 6.07 Å². The molecule has 0 unspecified atom stereocenters. The summed E-state index contributed by atoms with van der Waals surface area (Å²) in [5.74, 6) is 0. The number of amides is 2. The van der Waals surface area contributed by atoms with Gasteiger partial charge in [-0.15, -0.1) is 11.3 Å². The Morgan fingerprint density at radius 1 is 1.69 bits per heavy atom. The van der Waals surface area contributed by atoms with E-state index in [-0.39, 0.29) is 0 Å². The van der Waals surface area contributed by atoms with Gasteiger partial charge in [-0.2, -0.15) is 5.10 Å². The first-order chi connectivity index (χ1) is 6.09. The van der Waals surface area contributed by atoms with E-state index in [2.05, 4.69) is 10.5 Å². The van der Waals surface area contributed by atoms with E-state index in [1.165, 1.54) is 11.3 Å². The number of nitrogens with two attached hydrogens (primary N) is 1. The molecule has 2 amide bonds. The quantitative estimate of drug-likeness (QED) is 0.576. The Labute approximate surface area is 84.4 Å². The van der Waals surface area contributed by atoms with Gasteiger partial charge in [-0.25, -0.2) is 10.2 Å². The molecule has 1 rings (SSSR count). The van der Waals surface area contributed by atoms with Crippen LogP contribution in [0.15, 0.2) is 17.2 Å². The van der Waals surface area contributed by atoms with Crippen LogP contribution >= 0.6 is 22.9 Å². The lowest BCUT2D eigenvalue weighted by molar-refractivity contribution is 0.249. The summed E-state index contributed by atoms with van der Waals surface area (Å²) in [6, 6.07) is 2.92. The first-order valence-electron chi connectivity index (χ1n) is 3.45. The molecule has 0 aromatic carbocycles. The summed E-state index contributed by atoms with van der Waals surface area (Å²) >= 11 is 7.11. The molecule has 0 aliphatic carbocycles. The molecule has 1 aromatic rings.